The molecule has 38 heavy (non-hydrogen) atoms. The lowest BCUT2D eigenvalue weighted by Crippen LogP contribution is -2.51. The number of imidazole rings is 1. The van der Waals surface area contributed by atoms with Crippen LogP contribution in [0.15, 0.2) is 55.0 Å². The van der Waals surface area contributed by atoms with Gasteiger partial charge in [0.15, 0.2) is 0 Å². The number of nitrogens with one attached hydrogen (secondary N) is 2. The topological polar surface area (TPSA) is 117 Å². The number of hydrogen-bond acceptors (Lipinski definition) is 8. The molecule has 0 atom stereocenters. The molecular formula is C26H27ClN8O3. The van der Waals surface area contributed by atoms with Crippen LogP contribution in [0.3, 0.4) is 0 Å². The second kappa shape index (κ2) is 10.9. The normalized spacial score (nSPS) is 13.4. The summed E-state index contributed by atoms with van der Waals surface area (Å²) in [5.41, 5.74) is 3.79. The van der Waals surface area contributed by atoms with E-state index in [1.54, 1.807) is 24.4 Å². The number of piperazine rings is 1. The van der Waals surface area contributed by atoms with Crippen LogP contribution in [0.25, 0.3) is 17.0 Å². The average molecular weight is 535 g/mol. The Kier molecular flexibility index (Phi) is 7.27. The molecule has 0 unspecified atom stereocenters. The molecule has 1 aliphatic rings. The number of carbonyl (C=O) groups is 2. The van der Waals surface area contributed by atoms with Crippen molar-refractivity contribution in [1.82, 2.24) is 29.6 Å². The second-order valence-electron chi connectivity index (χ2n) is 8.75. The standard InChI is InChI=1S/C26H27ClN8O3/c1-17(36)28-16-24(37)34-11-9-33(10-12-34)18-6-7-20(22(13-18)38-2)31-26-30-14-19(27)25(32-26)21-15-29-23-5-3-4-8-35(21)23/h3-8,13-15H,9-12,16H2,1-2H3,(H,28,36)(H,30,31,32). The fourth-order valence-electron chi connectivity index (χ4n) is 4.34. The third-order valence-electron chi connectivity index (χ3n) is 6.32. The van der Waals surface area contributed by atoms with Crippen LogP contribution in [0.1, 0.15) is 6.92 Å². The van der Waals surface area contributed by atoms with Crippen molar-refractivity contribution in [3.05, 3.63) is 60.0 Å². The lowest BCUT2D eigenvalue weighted by Gasteiger charge is -2.36. The van der Waals surface area contributed by atoms with Crippen LogP contribution in [0, 0.1) is 0 Å². The van der Waals surface area contributed by atoms with Gasteiger partial charge in [-0.3, -0.25) is 14.0 Å². The van der Waals surface area contributed by atoms with Gasteiger partial charge < -0.3 is 25.2 Å². The van der Waals surface area contributed by atoms with Gasteiger partial charge in [-0.1, -0.05) is 17.7 Å². The smallest absolute Gasteiger partial charge is 0.242 e. The molecule has 1 aromatic carbocycles. The highest BCUT2D eigenvalue weighted by atomic mass is 35.5. The van der Waals surface area contributed by atoms with Crippen LogP contribution >= 0.6 is 11.6 Å². The van der Waals surface area contributed by atoms with Gasteiger partial charge in [-0.2, -0.15) is 0 Å². The van der Waals surface area contributed by atoms with Crippen molar-refractivity contribution in [1.29, 1.82) is 0 Å². The van der Waals surface area contributed by atoms with Gasteiger partial charge in [-0.05, 0) is 24.3 Å². The fraction of sp³-hybridized carbons (Fsp3) is 0.269. The van der Waals surface area contributed by atoms with Gasteiger partial charge >= 0.3 is 0 Å². The molecule has 0 spiro atoms. The van der Waals surface area contributed by atoms with E-state index < -0.39 is 0 Å². The molecule has 0 aliphatic carbocycles. The summed E-state index contributed by atoms with van der Waals surface area (Å²) in [6.07, 6.45) is 5.20. The van der Waals surface area contributed by atoms with Crippen molar-refractivity contribution in [3.63, 3.8) is 0 Å². The van der Waals surface area contributed by atoms with Crippen molar-refractivity contribution in [2.24, 2.45) is 0 Å². The minimum absolute atomic E-state index is 0.0231. The Labute approximate surface area is 224 Å². The van der Waals surface area contributed by atoms with Gasteiger partial charge in [0.25, 0.3) is 0 Å². The maximum atomic E-state index is 12.3. The number of nitrogens with zero attached hydrogens (tertiary/aromatic N) is 6. The number of anilines is 3. The van der Waals surface area contributed by atoms with Crippen LogP contribution in [0.4, 0.5) is 17.3 Å². The lowest BCUT2D eigenvalue weighted by molar-refractivity contribution is -0.132. The molecule has 4 aromatic rings. The minimum atomic E-state index is -0.214. The number of halogens is 1. The number of amides is 2. The predicted molar refractivity (Wildman–Crippen MR) is 145 cm³/mol. The van der Waals surface area contributed by atoms with E-state index in [9.17, 15) is 9.59 Å². The van der Waals surface area contributed by atoms with Gasteiger partial charge in [-0.25, -0.2) is 15.0 Å². The minimum Gasteiger partial charge on any atom is -0.494 e. The van der Waals surface area contributed by atoms with Crippen LogP contribution in [-0.2, 0) is 9.59 Å². The highest BCUT2D eigenvalue weighted by Gasteiger charge is 2.22. The third-order valence-corrected chi connectivity index (χ3v) is 6.60. The number of fused-ring (bicyclic) bond motifs is 1. The SMILES string of the molecule is COc1cc(N2CCN(C(=O)CNC(C)=O)CC2)ccc1Nc1ncc(Cl)c(-c2cnc3ccccn23)n1. The Hall–Kier alpha value is -4.38. The number of rotatable bonds is 7. The lowest BCUT2D eigenvalue weighted by atomic mass is 10.2. The van der Waals surface area contributed by atoms with Crippen molar-refractivity contribution in [3.8, 4) is 17.1 Å². The Morgan fingerprint density at radius 3 is 2.66 bits per heavy atom. The predicted octanol–water partition coefficient (Wildman–Crippen LogP) is 2.98. The highest BCUT2D eigenvalue weighted by Crippen LogP contribution is 2.33. The zero-order chi connectivity index (χ0) is 26.6. The fourth-order valence-corrected chi connectivity index (χ4v) is 4.53. The Morgan fingerprint density at radius 2 is 1.89 bits per heavy atom. The van der Waals surface area contributed by atoms with E-state index >= 15 is 0 Å². The quantitative estimate of drug-likeness (QED) is 0.372. The van der Waals surface area contributed by atoms with Crippen molar-refractivity contribution >= 4 is 46.4 Å². The van der Waals surface area contributed by atoms with Crippen LogP contribution in [-0.4, -0.2) is 75.9 Å². The summed E-state index contributed by atoms with van der Waals surface area (Å²) in [4.78, 5) is 40.7. The average Bonchev–Trinajstić information content (AvgIpc) is 3.37. The molecule has 11 nitrogen and oxygen atoms in total. The zero-order valence-corrected chi connectivity index (χ0v) is 21.8. The summed E-state index contributed by atoms with van der Waals surface area (Å²) >= 11 is 6.45. The van der Waals surface area contributed by atoms with E-state index in [2.05, 4.69) is 30.5 Å². The van der Waals surface area contributed by atoms with E-state index in [1.165, 1.54) is 6.92 Å². The highest BCUT2D eigenvalue weighted by molar-refractivity contribution is 6.32. The summed E-state index contributed by atoms with van der Waals surface area (Å²) in [6, 6.07) is 11.6. The van der Waals surface area contributed by atoms with Gasteiger partial charge in [0.2, 0.25) is 17.8 Å². The Balaban J connectivity index is 1.30. The van der Waals surface area contributed by atoms with E-state index in [4.69, 9.17) is 16.3 Å². The van der Waals surface area contributed by atoms with Crippen molar-refractivity contribution in [2.45, 2.75) is 6.92 Å². The molecule has 0 bridgehead atoms. The summed E-state index contributed by atoms with van der Waals surface area (Å²) in [5, 5.41) is 6.21. The molecule has 1 saturated heterocycles. The monoisotopic (exact) mass is 534 g/mol. The van der Waals surface area contributed by atoms with Crippen LogP contribution < -0.4 is 20.3 Å². The van der Waals surface area contributed by atoms with E-state index in [0.29, 0.717) is 54.3 Å². The first-order valence-electron chi connectivity index (χ1n) is 12.1. The molecule has 196 valence electrons. The number of hydrogen-bond donors (Lipinski definition) is 2. The Bertz CT molecular complexity index is 1480. The molecule has 2 amide bonds. The first-order valence-corrected chi connectivity index (χ1v) is 12.5. The van der Waals surface area contributed by atoms with Crippen molar-refractivity contribution in [2.75, 3.05) is 50.1 Å². The summed E-state index contributed by atoms with van der Waals surface area (Å²) in [5.74, 6) is 0.700. The van der Waals surface area contributed by atoms with E-state index in [0.717, 1.165) is 17.0 Å². The number of ether oxygens (including phenoxy) is 1. The maximum absolute atomic E-state index is 12.3. The van der Waals surface area contributed by atoms with Gasteiger partial charge in [0, 0.05) is 51.1 Å². The van der Waals surface area contributed by atoms with Gasteiger partial charge in [0.1, 0.15) is 17.1 Å². The van der Waals surface area contributed by atoms with Crippen LogP contribution in [0.2, 0.25) is 5.02 Å². The molecule has 3 aromatic heterocycles. The van der Waals surface area contributed by atoms with Crippen molar-refractivity contribution < 1.29 is 14.3 Å². The molecule has 1 aliphatic heterocycles. The van der Waals surface area contributed by atoms with E-state index in [-0.39, 0.29) is 18.4 Å². The number of carbonyl (C=O) groups excluding carboxylic acids is 2. The molecule has 5 rings (SSSR count). The van der Waals surface area contributed by atoms with Crippen LogP contribution in [0.5, 0.6) is 5.75 Å². The summed E-state index contributed by atoms with van der Waals surface area (Å²) < 4.78 is 7.57. The summed E-state index contributed by atoms with van der Waals surface area (Å²) in [7, 11) is 1.61. The van der Waals surface area contributed by atoms with E-state index in [1.807, 2.05) is 47.0 Å². The second-order valence-corrected chi connectivity index (χ2v) is 9.16. The zero-order valence-electron chi connectivity index (χ0n) is 21.0. The molecule has 4 heterocycles. The molecule has 2 N–H and O–H groups in total. The number of aromatic nitrogens is 4. The third kappa shape index (κ3) is 5.32. The van der Waals surface area contributed by atoms with Gasteiger partial charge in [-0.15, -0.1) is 0 Å². The Morgan fingerprint density at radius 1 is 1.08 bits per heavy atom. The summed E-state index contributed by atoms with van der Waals surface area (Å²) in [6.45, 7) is 3.91. The van der Waals surface area contributed by atoms with Gasteiger partial charge in [0.05, 0.1) is 42.5 Å². The molecule has 0 saturated carbocycles. The maximum Gasteiger partial charge on any atom is 0.242 e. The largest absolute Gasteiger partial charge is 0.494 e. The number of benzene rings is 1. The first kappa shape index (κ1) is 25.3. The molecule has 1 fully saturated rings. The number of methoxy groups -OCH3 is 1. The molecule has 0 radical (unpaired) electrons. The molecular weight excluding hydrogens is 508 g/mol. The first-order chi connectivity index (χ1) is 18.4. The molecule has 12 heteroatoms. The number of pyridine rings is 1.